The molecule has 3 aromatic rings. The smallest absolute Gasteiger partial charge is 0.423 e. The third kappa shape index (κ3) is 2.87. The highest BCUT2D eigenvalue weighted by molar-refractivity contribution is 5.74. The van der Waals surface area contributed by atoms with E-state index in [0.29, 0.717) is 11.1 Å². The summed E-state index contributed by atoms with van der Waals surface area (Å²) in [5.41, 5.74) is -2.33. The summed E-state index contributed by atoms with van der Waals surface area (Å²) in [6, 6.07) is 13.6. The highest BCUT2D eigenvalue weighted by Crippen LogP contribution is 2.39. The van der Waals surface area contributed by atoms with E-state index in [0.717, 1.165) is 0 Å². The summed E-state index contributed by atoms with van der Waals surface area (Å²) in [6.45, 7) is -0.812. The predicted molar refractivity (Wildman–Crippen MR) is 78.9 cm³/mol. The van der Waals surface area contributed by atoms with Gasteiger partial charge in [0.15, 0.2) is 5.58 Å². The number of anilines is 1. The molecule has 2 aromatic carbocycles. The van der Waals surface area contributed by atoms with Crippen molar-refractivity contribution in [1.82, 2.24) is 4.98 Å². The molecular weight excluding hydrogens is 309 g/mol. The van der Waals surface area contributed by atoms with Crippen LogP contribution in [0.1, 0.15) is 5.56 Å². The molecule has 0 saturated carbocycles. The Balaban J connectivity index is 1.87. The molecule has 0 aliphatic carbocycles. The SMILES string of the molecule is OC(CNc1nc2ccccc2o1)(c1ccccc1)C(F)(F)F. The van der Waals surface area contributed by atoms with Crippen LogP contribution in [0.2, 0.25) is 0 Å². The number of aliphatic hydroxyl groups is 1. The summed E-state index contributed by atoms with van der Waals surface area (Å²) < 4.78 is 45.4. The fourth-order valence-corrected chi connectivity index (χ4v) is 2.23. The standard InChI is InChI=1S/C16H13F3N2O2/c17-16(18,19)15(22,11-6-2-1-3-7-11)10-20-14-21-12-8-4-5-9-13(12)23-14/h1-9,22H,10H2,(H,20,21). The summed E-state index contributed by atoms with van der Waals surface area (Å²) in [6.07, 6.45) is -4.85. The van der Waals surface area contributed by atoms with Gasteiger partial charge < -0.3 is 14.8 Å². The number of halogens is 3. The maximum atomic E-state index is 13.4. The lowest BCUT2D eigenvalue weighted by molar-refractivity contribution is -0.260. The Kier molecular flexibility index (Phi) is 3.73. The summed E-state index contributed by atoms with van der Waals surface area (Å²) >= 11 is 0. The Labute approximate surface area is 129 Å². The molecule has 2 N–H and O–H groups in total. The number of nitrogens with zero attached hydrogens (tertiary/aromatic N) is 1. The molecular formula is C16H13F3N2O2. The second-order valence-corrected chi connectivity index (χ2v) is 5.06. The molecule has 0 fully saturated rings. The molecule has 1 atom stereocenters. The van der Waals surface area contributed by atoms with Crippen LogP contribution in [-0.2, 0) is 5.60 Å². The number of para-hydroxylation sites is 2. The van der Waals surface area contributed by atoms with Crippen molar-refractivity contribution in [3.8, 4) is 0 Å². The van der Waals surface area contributed by atoms with Crippen molar-refractivity contribution in [2.75, 3.05) is 11.9 Å². The fraction of sp³-hybridized carbons (Fsp3) is 0.188. The Morgan fingerprint density at radius 1 is 1.00 bits per heavy atom. The maximum Gasteiger partial charge on any atom is 0.423 e. The predicted octanol–water partition coefficient (Wildman–Crippen LogP) is 3.69. The van der Waals surface area contributed by atoms with Gasteiger partial charge in [-0.25, -0.2) is 0 Å². The van der Waals surface area contributed by atoms with Crippen LogP contribution < -0.4 is 5.32 Å². The minimum Gasteiger partial charge on any atom is -0.424 e. The number of hydrogen-bond donors (Lipinski definition) is 2. The zero-order valence-electron chi connectivity index (χ0n) is 11.8. The van der Waals surface area contributed by atoms with Gasteiger partial charge in [-0.3, -0.25) is 0 Å². The third-order valence-electron chi connectivity index (χ3n) is 3.51. The zero-order valence-corrected chi connectivity index (χ0v) is 11.8. The van der Waals surface area contributed by atoms with Crippen LogP contribution >= 0.6 is 0 Å². The van der Waals surface area contributed by atoms with Crippen LogP contribution in [0.25, 0.3) is 11.1 Å². The van der Waals surface area contributed by atoms with Gasteiger partial charge in [0.2, 0.25) is 5.60 Å². The first-order valence-corrected chi connectivity index (χ1v) is 6.84. The van der Waals surface area contributed by atoms with Crippen LogP contribution in [0.15, 0.2) is 59.0 Å². The van der Waals surface area contributed by atoms with E-state index in [2.05, 4.69) is 10.3 Å². The molecule has 0 saturated heterocycles. The van der Waals surface area contributed by atoms with E-state index in [1.54, 1.807) is 30.3 Å². The fourth-order valence-electron chi connectivity index (χ4n) is 2.23. The lowest BCUT2D eigenvalue weighted by Crippen LogP contribution is -2.47. The molecule has 4 nitrogen and oxygen atoms in total. The summed E-state index contributed by atoms with van der Waals surface area (Å²) in [5, 5.41) is 12.6. The van der Waals surface area contributed by atoms with Crippen LogP contribution in [-0.4, -0.2) is 22.8 Å². The van der Waals surface area contributed by atoms with Gasteiger partial charge in [0.05, 0.1) is 6.54 Å². The number of aromatic nitrogens is 1. The van der Waals surface area contributed by atoms with Gasteiger partial charge in [0.1, 0.15) is 5.52 Å². The van der Waals surface area contributed by atoms with Crippen LogP contribution in [0.4, 0.5) is 19.2 Å². The number of benzene rings is 2. The normalized spacial score (nSPS) is 14.6. The molecule has 0 amide bonds. The van der Waals surface area contributed by atoms with Gasteiger partial charge in [-0.15, -0.1) is 0 Å². The number of alkyl halides is 3. The van der Waals surface area contributed by atoms with E-state index < -0.39 is 18.3 Å². The molecule has 0 aliphatic rings. The quantitative estimate of drug-likeness (QED) is 0.769. The molecule has 0 spiro atoms. The summed E-state index contributed by atoms with van der Waals surface area (Å²) in [7, 11) is 0. The summed E-state index contributed by atoms with van der Waals surface area (Å²) in [4.78, 5) is 4.04. The summed E-state index contributed by atoms with van der Waals surface area (Å²) in [5.74, 6) is 0. The molecule has 0 bridgehead atoms. The Morgan fingerprint density at radius 2 is 1.65 bits per heavy atom. The van der Waals surface area contributed by atoms with Crippen LogP contribution in [0, 0.1) is 0 Å². The van der Waals surface area contributed by atoms with Crippen molar-refractivity contribution < 1.29 is 22.7 Å². The van der Waals surface area contributed by atoms with Crippen molar-refractivity contribution in [2.24, 2.45) is 0 Å². The van der Waals surface area contributed by atoms with Gasteiger partial charge in [0, 0.05) is 0 Å². The maximum absolute atomic E-state index is 13.4. The molecule has 0 aliphatic heterocycles. The highest BCUT2D eigenvalue weighted by atomic mass is 19.4. The van der Waals surface area contributed by atoms with Gasteiger partial charge in [-0.2, -0.15) is 18.2 Å². The molecule has 1 aromatic heterocycles. The van der Waals surface area contributed by atoms with E-state index >= 15 is 0 Å². The zero-order chi connectivity index (χ0) is 16.5. The third-order valence-corrected chi connectivity index (χ3v) is 3.51. The van der Waals surface area contributed by atoms with Gasteiger partial charge in [-0.1, -0.05) is 42.5 Å². The number of rotatable bonds is 4. The molecule has 120 valence electrons. The molecule has 1 heterocycles. The van der Waals surface area contributed by atoms with Gasteiger partial charge >= 0.3 is 6.18 Å². The van der Waals surface area contributed by atoms with Gasteiger partial charge in [-0.05, 0) is 17.7 Å². The second kappa shape index (κ2) is 5.58. The second-order valence-electron chi connectivity index (χ2n) is 5.06. The number of hydrogen-bond acceptors (Lipinski definition) is 4. The molecule has 3 rings (SSSR count). The van der Waals surface area contributed by atoms with Crippen LogP contribution in [0.5, 0.6) is 0 Å². The van der Waals surface area contributed by atoms with Crippen molar-refractivity contribution in [3.05, 3.63) is 60.2 Å². The first kappa shape index (κ1) is 15.4. The van der Waals surface area contributed by atoms with Crippen molar-refractivity contribution in [1.29, 1.82) is 0 Å². The van der Waals surface area contributed by atoms with E-state index in [1.165, 1.54) is 24.3 Å². The first-order chi connectivity index (χ1) is 10.9. The average molecular weight is 322 g/mol. The minimum absolute atomic E-state index is 0.0789. The lowest BCUT2D eigenvalue weighted by Gasteiger charge is -2.30. The van der Waals surface area contributed by atoms with Crippen molar-refractivity contribution >= 4 is 17.1 Å². The average Bonchev–Trinajstić information content (AvgIpc) is 2.95. The van der Waals surface area contributed by atoms with E-state index in [9.17, 15) is 18.3 Å². The molecule has 0 radical (unpaired) electrons. The highest BCUT2D eigenvalue weighted by Gasteiger charge is 2.55. The largest absolute Gasteiger partial charge is 0.424 e. The van der Waals surface area contributed by atoms with Crippen molar-refractivity contribution in [3.63, 3.8) is 0 Å². The molecule has 7 heteroatoms. The topological polar surface area (TPSA) is 58.3 Å². The Bertz CT molecular complexity index is 769. The lowest BCUT2D eigenvalue weighted by atomic mass is 9.93. The Morgan fingerprint density at radius 3 is 2.30 bits per heavy atom. The van der Waals surface area contributed by atoms with E-state index in [4.69, 9.17) is 4.42 Å². The monoisotopic (exact) mass is 322 g/mol. The first-order valence-electron chi connectivity index (χ1n) is 6.84. The van der Waals surface area contributed by atoms with Crippen molar-refractivity contribution in [2.45, 2.75) is 11.8 Å². The minimum atomic E-state index is -4.85. The molecule has 1 unspecified atom stereocenters. The van der Waals surface area contributed by atoms with Gasteiger partial charge in [0.25, 0.3) is 6.01 Å². The Hall–Kier alpha value is -2.54. The van der Waals surface area contributed by atoms with E-state index in [1.807, 2.05) is 0 Å². The molecule has 23 heavy (non-hydrogen) atoms. The van der Waals surface area contributed by atoms with Crippen LogP contribution in [0.3, 0.4) is 0 Å². The number of nitrogens with one attached hydrogen (secondary N) is 1. The van der Waals surface area contributed by atoms with E-state index in [-0.39, 0.29) is 11.6 Å². The number of fused-ring (bicyclic) bond motifs is 1. The number of oxazole rings is 1.